The van der Waals surface area contributed by atoms with E-state index >= 15 is 0 Å². The maximum Gasteiger partial charge on any atom is 0.285 e. The zero-order chi connectivity index (χ0) is 28.5. The number of hydrogen-bond donors (Lipinski definition) is 0. The summed E-state index contributed by atoms with van der Waals surface area (Å²) in [5.41, 5.74) is 3.32. The van der Waals surface area contributed by atoms with E-state index in [4.69, 9.17) is 14.2 Å². The van der Waals surface area contributed by atoms with Gasteiger partial charge in [0.15, 0.2) is 0 Å². The molecule has 2 saturated carbocycles. The molecule has 6 nitrogen and oxygen atoms in total. The van der Waals surface area contributed by atoms with Crippen molar-refractivity contribution in [3.05, 3.63) is 59.2 Å². The number of nitrogens with zero attached hydrogens (tertiary/aromatic N) is 1. The minimum absolute atomic E-state index is 0.0879. The summed E-state index contributed by atoms with van der Waals surface area (Å²) < 4.78 is 49.1. The molecule has 5 rings (SSSR count). The molecular formula is C33H45NO5S. The molecule has 7 heteroatoms. The zero-order valence-corrected chi connectivity index (χ0v) is 25.6. The van der Waals surface area contributed by atoms with Crippen molar-refractivity contribution in [1.82, 2.24) is 0 Å². The number of unbranched alkanes of at least 4 members (excludes halogenated alkanes) is 1. The van der Waals surface area contributed by atoms with Gasteiger partial charge in [0.05, 0.1) is 30.6 Å². The molecule has 0 aromatic heterocycles. The molecule has 0 N–H and O–H groups in total. The van der Waals surface area contributed by atoms with Crippen molar-refractivity contribution in [2.24, 2.45) is 21.6 Å². The third-order valence-electron chi connectivity index (χ3n) is 10.4. The predicted octanol–water partition coefficient (Wildman–Crippen LogP) is 7.24. The van der Waals surface area contributed by atoms with Crippen LogP contribution in [0.3, 0.4) is 0 Å². The van der Waals surface area contributed by atoms with E-state index in [2.05, 4.69) is 36.4 Å². The highest BCUT2D eigenvalue weighted by atomic mass is 32.2. The minimum atomic E-state index is -3.90. The van der Waals surface area contributed by atoms with Gasteiger partial charge in [-0.2, -0.15) is 8.42 Å². The molecule has 0 heterocycles. The molecule has 2 aromatic rings. The normalized spacial score (nSPS) is 29.8. The number of methoxy groups -OCH3 is 2. The first-order valence-corrected chi connectivity index (χ1v) is 16.4. The van der Waals surface area contributed by atoms with Crippen LogP contribution in [0.25, 0.3) is 0 Å². The summed E-state index contributed by atoms with van der Waals surface area (Å²) in [4.78, 5) is 0.190. The van der Waals surface area contributed by atoms with Crippen LogP contribution in [0.4, 0.5) is 0 Å². The Morgan fingerprint density at radius 1 is 1.05 bits per heavy atom. The van der Waals surface area contributed by atoms with Crippen LogP contribution in [0.2, 0.25) is 0 Å². The highest BCUT2D eigenvalue weighted by Crippen LogP contribution is 2.66. The van der Waals surface area contributed by atoms with Gasteiger partial charge in [-0.15, -0.1) is 4.40 Å². The molecule has 5 atom stereocenters. The van der Waals surface area contributed by atoms with Crippen molar-refractivity contribution < 1.29 is 22.6 Å². The van der Waals surface area contributed by atoms with Crippen molar-refractivity contribution in [1.29, 1.82) is 0 Å². The first-order chi connectivity index (χ1) is 19.2. The van der Waals surface area contributed by atoms with Gasteiger partial charge in [0.1, 0.15) is 5.75 Å². The van der Waals surface area contributed by atoms with E-state index in [-0.39, 0.29) is 16.2 Å². The van der Waals surface area contributed by atoms with E-state index in [9.17, 15) is 8.42 Å². The smallest absolute Gasteiger partial charge is 0.285 e. The fourth-order valence-corrected chi connectivity index (χ4v) is 9.03. The molecule has 3 aliphatic carbocycles. The standard InChI is InChI=1S/C33H45NO5S/c1-6-7-20-39-31(34-40(35,36)26-12-8-23(2)9-13-26)22-33(38-5)19-17-30-29-14-10-24-21-25(37-4)11-15-27(24)28(29)16-18-32(30,33)3/h8-9,11-13,15,21,28-30H,6-7,10,14,16-20,22H2,1-5H3/b34-31+/t28-,29-,30+,32+,33-/m1/s1. The van der Waals surface area contributed by atoms with Gasteiger partial charge in [-0.25, -0.2) is 0 Å². The molecule has 0 amide bonds. The average molecular weight is 568 g/mol. The molecule has 0 aliphatic heterocycles. The second kappa shape index (κ2) is 11.5. The molecule has 2 aromatic carbocycles. The lowest BCUT2D eigenvalue weighted by molar-refractivity contribution is -0.123. The highest BCUT2D eigenvalue weighted by Gasteiger charge is 2.63. The Morgan fingerprint density at radius 2 is 1.82 bits per heavy atom. The lowest BCUT2D eigenvalue weighted by atomic mass is 9.53. The maximum absolute atomic E-state index is 13.3. The van der Waals surface area contributed by atoms with Crippen molar-refractivity contribution in [2.45, 2.75) is 95.0 Å². The van der Waals surface area contributed by atoms with Crippen LogP contribution in [0, 0.1) is 24.2 Å². The largest absolute Gasteiger partial charge is 0.497 e. The van der Waals surface area contributed by atoms with Gasteiger partial charge in [0.25, 0.3) is 10.0 Å². The van der Waals surface area contributed by atoms with E-state index in [1.807, 2.05) is 6.92 Å². The van der Waals surface area contributed by atoms with Crippen LogP contribution >= 0.6 is 0 Å². The van der Waals surface area contributed by atoms with Gasteiger partial charge in [0.2, 0.25) is 5.90 Å². The van der Waals surface area contributed by atoms with Crippen LogP contribution < -0.4 is 4.74 Å². The number of rotatable bonds is 9. The van der Waals surface area contributed by atoms with Crippen molar-refractivity contribution in [3.63, 3.8) is 0 Å². The average Bonchev–Trinajstić information content (AvgIpc) is 3.24. The molecule has 3 aliphatic rings. The quantitative estimate of drug-likeness (QED) is 0.181. The molecular weight excluding hydrogens is 522 g/mol. The first-order valence-electron chi connectivity index (χ1n) is 14.9. The lowest BCUT2D eigenvalue weighted by Gasteiger charge is -2.54. The summed E-state index contributed by atoms with van der Waals surface area (Å²) in [6, 6.07) is 13.5. The first kappa shape index (κ1) is 29.1. The van der Waals surface area contributed by atoms with Crippen LogP contribution in [-0.2, 0) is 25.9 Å². The third-order valence-corrected chi connectivity index (χ3v) is 11.7. The van der Waals surface area contributed by atoms with E-state index in [1.165, 1.54) is 17.5 Å². The summed E-state index contributed by atoms with van der Waals surface area (Å²) in [5.74, 6) is 2.87. The Kier molecular flexibility index (Phi) is 8.36. The van der Waals surface area contributed by atoms with Crippen molar-refractivity contribution in [2.75, 3.05) is 20.8 Å². The van der Waals surface area contributed by atoms with E-state index in [0.29, 0.717) is 30.8 Å². The van der Waals surface area contributed by atoms with Crippen molar-refractivity contribution >= 4 is 15.9 Å². The summed E-state index contributed by atoms with van der Waals surface area (Å²) in [6.45, 7) is 6.87. The molecule has 0 spiro atoms. The Balaban J connectivity index is 1.44. The van der Waals surface area contributed by atoms with Crippen molar-refractivity contribution in [3.8, 4) is 5.75 Å². The van der Waals surface area contributed by atoms with Crippen LogP contribution in [0.15, 0.2) is 51.8 Å². The van der Waals surface area contributed by atoms with Gasteiger partial charge >= 0.3 is 0 Å². The fraction of sp³-hybridized carbons (Fsp3) is 0.606. The molecule has 0 bridgehead atoms. The SMILES string of the molecule is CCCCO/C(C[C@]1(OC)CC[C@H]2[C@@H]3CCc4cc(OC)ccc4[C@H]3CC[C@@]21C)=N/S(=O)(=O)c1ccc(C)cc1. The Hall–Kier alpha value is -2.38. The van der Waals surface area contributed by atoms with E-state index in [0.717, 1.165) is 56.3 Å². The number of fused-ring (bicyclic) bond motifs is 5. The zero-order valence-electron chi connectivity index (χ0n) is 24.7. The monoisotopic (exact) mass is 567 g/mol. The second-order valence-corrected chi connectivity index (χ2v) is 13.9. The van der Waals surface area contributed by atoms with Gasteiger partial charge in [-0.3, -0.25) is 0 Å². The topological polar surface area (TPSA) is 74.2 Å². The number of ether oxygens (including phenoxy) is 3. The Morgan fingerprint density at radius 3 is 2.52 bits per heavy atom. The lowest BCUT2D eigenvalue weighted by Crippen LogP contribution is -2.53. The summed E-state index contributed by atoms with van der Waals surface area (Å²) >= 11 is 0. The molecule has 218 valence electrons. The number of benzene rings is 2. The second-order valence-electron chi connectivity index (χ2n) is 12.3. The number of hydrogen-bond acceptors (Lipinski definition) is 5. The highest BCUT2D eigenvalue weighted by molar-refractivity contribution is 7.90. The Labute approximate surface area is 240 Å². The summed E-state index contributed by atoms with van der Waals surface area (Å²) in [7, 11) is -0.374. The predicted molar refractivity (Wildman–Crippen MR) is 159 cm³/mol. The van der Waals surface area contributed by atoms with Crippen LogP contribution in [0.5, 0.6) is 5.75 Å². The number of sulfonamides is 1. The van der Waals surface area contributed by atoms with Gasteiger partial charge in [-0.1, -0.05) is 44.0 Å². The summed E-state index contributed by atoms with van der Waals surface area (Å²) in [6.07, 6.45) is 8.51. The van der Waals surface area contributed by atoms with Gasteiger partial charge in [-0.05, 0) is 105 Å². The molecule has 2 fully saturated rings. The molecule has 0 radical (unpaired) electrons. The van der Waals surface area contributed by atoms with Crippen LogP contribution in [0.1, 0.15) is 87.8 Å². The summed E-state index contributed by atoms with van der Waals surface area (Å²) in [5, 5.41) is 0. The molecule has 0 saturated heterocycles. The fourth-order valence-electron chi connectivity index (χ4n) is 8.06. The Bertz CT molecular complexity index is 1340. The minimum Gasteiger partial charge on any atom is -0.497 e. The maximum atomic E-state index is 13.3. The molecule has 0 unspecified atom stereocenters. The molecule has 40 heavy (non-hydrogen) atoms. The van der Waals surface area contributed by atoms with Gasteiger partial charge in [0, 0.05) is 12.5 Å². The number of aryl methyl sites for hydroxylation is 2. The third kappa shape index (κ3) is 5.20. The van der Waals surface area contributed by atoms with E-state index < -0.39 is 15.6 Å². The van der Waals surface area contributed by atoms with E-state index in [1.54, 1.807) is 38.5 Å². The van der Waals surface area contributed by atoms with Crippen LogP contribution in [-0.4, -0.2) is 40.7 Å². The van der Waals surface area contributed by atoms with Gasteiger partial charge < -0.3 is 14.2 Å².